The Bertz CT molecular complexity index is 1040. The third kappa shape index (κ3) is 4.47. The lowest BCUT2D eigenvalue weighted by Gasteiger charge is -2.23. The fourth-order valence-electron chi connectivity index (χ4n) is 5.02. The smallest absolute Gasteiger partial charge is 0.244 e. The number of carbonyl (C=O) groups is 3. The van der Waals surface area contributed by atoms with E-state index in [9.17, 15) is 14.4 Å². The molecule has 0 bridgehead atoms. The third-order valence-electron chi connectivity index (χ3n) is 7.11. The number of benzene rings is 2. The molecule has 2 amide bonds. The SMILES string of the molecule is Cc1ccc(CC2(C)NC(=O)C(C(=O)Nc3ccc(C4CCCCC4)cc3)C2=O)cc1C. The minimum Gasteiger partial charge on any atom is -0.342 e. The summed E-state index contributed by atoms with van der Waals surface area (Å²) < 4.78 is 0. The van der Waals surface area contributed by atoms with Gasteiger partial charge in [-0.15, -0.1) is 0 Å². The van der Waals surface area contributed by atoms with Crippen LogP contribution in [0.3, 0.4) is 0 Å². The molecule has 168 valence electrons. The molecule has 2 unspecified atom stereocenters. The molecule has 2 aliphatic rings. The van der Waals surface area contributed by atoms with Gasteiger partial charge in [0.25, 0.3) is 0 Å². The molecule has 0 aromatic heterocycles. The number of carbonyl (C=O) groups excluding carboxylic acids is 3. The standard InChI is InChI=1S/C27H32N2O3/c1-17-9-10-19(15-18(17)2)16-27(3)24(30)23(26(32)29-27)25(31)28-22-13-11-21(12-14-22)20-7-5-4-6-8-20/h9-15,20,23H,4-8,16H2,1-3H3,(H,28,31)(H,29,32). The maximum absolute atomic E-state index is 13.1. The van der Waals surface area contributed by atoms with Crippen molar-refractivity contribution >= 4 is 23.3 Å². The van der Waals surface area contributed by atoms with Crippen LogP contribution in [0, 0.1) is 19.8 Å². The molecule has 5 nitrogen and oxygen atoms in total. The number of ketones is 1. The molecule has 1 aliphatic heterocycles. The summed E-state index contributed by atoms with van der Waals surface area (Å²) in [6.07, 6.45) is 6.62. The zero-order valence-electron chi connectivity index (χ0n) is 19.2. The summed E-state index contributed by atoms with van der Waals surface area (Å²) in [6, 6.07) is 13.8. The topological polar surface area (TPSA) is 75.3 Å². The average molecular weight is 433 g/mol. The van der Waals surface area contributed by atoms with Crippen LogP contribution in [0.25, 0.3) is 0 Å². The zero-order valence-corrected chi connectivity index (χ0v) is 19.2. The predicted octanol–water partition coefficient (Wildman–Crippen LogP) is 4.61. The van der Waals surface area contributed by atoms with E-state index >= 15 is 0 Å². The van der Waals surface area contributed by atoms with Crippen LogP contribution >= 0.6 is 0 Å². The van der Waals surface area contributed by atoms with E-state index in [-0.39, 0.29) is 5.78 Å². The summed E-state index contributed by atoms with van der Waals surface area (Å²) >= 11 is 0. The number of hydrogen-bond acceptors (Lipinski definition) is 3. The fraction of sp³-hybridized carbons (Fsp3) is 0.444. The van der Waals surface area contributed by atoms with Crippen molar-refractivity contribution in [1.29, 1.82) is 0 Å². The first-order chi connectivity index (χ1) is 15.3. The van der Waals surface area contributed by atoms with E-state index in [4.69, 9.17) is 0 Å². The van der Waals surface area contributed by atoms with Crippen molar-refractivity contribution in [1.82, 2.24) is 5.32 Å². The van der Waals surface area contributed by atoms with Gasteiger partial charge >= 0.3 is 0 Å². The molecule has 0 radical (unpaired) electrons. The van der Waals surface area contributed by atoms with Gasteiger partial charge in [-0.3, -0.25) is 14.4 Å². The number of amides is 2. The van der Waals surface area contributed by atoms with Crippen LogP contribution in [0.1, 0.15) is 67.2 Å². The highest BCUT2D eigenvalue weighted by Gasteiger charge is 2.52. The van der Waals surface area contributed by atoms with Gasteiger partial charge < -0.3 is 10.6 Å². The van der Waals surface area contributed by atoms with Crippen LogP contribution in [-0.4, -0.2) is 23.1 Å². The summed E-state index contributed by atoms with van der Waals surface area (Å²) in [5.41, 5.74) is 4.08. The van der Waals surface area contributed by atoms with Crippen molar-refractivity contribution < 1.29 is 14.4 Å². The Hall–Kier alpha value is -2.95. The van der Waals surface area contributed by atoms with Crippen LogP contribution in [0.2, 0.25) is 0 Å². The maximum Gasteiger partial charge on any atom is 0.244 e. The average Bonchev–Trinajstić information content (AvgIpc) is 2.99. The first-order valence-corrected chi connectivity index (χ1v) is 11.6. The summed E-state index contributed by atoms with van der Waals surface area (Å²) in [6.45, 7) is 5.76. The quantitative estimate of drug-likeness (QED) is 0.678. The molecule has 2 fully saturated rings. The van der Waals surface area contributed by atoms with Gasteiger partial charge in [-0.1, -0.05) is 49.6 Å². The van der Waals surface area contributed by atoms with Gasteiger partial charge in [0.15, 0.2) is 11.7 Å². The Morgan fingerprint density at radius 3 is 2.34 bits per heavy atom. The lowest BCUT2D eigenvalue weighted by Crippen LogP contribution is -2.45. The molecule has 2 aromatic rings. The van der Waals surface area contributed by atoms with Gasteiger partial charge in [0.05, 0.1) is 0 Å². The van der Waals surface area contributed by atoms with Gasteiger partial charge in [-0.25, -0.2) is 0 Å². The van der Waals surface area contributed by atoms with Crippen molar-refractivity contribution in [2.75, 3.05) is 5.32 Å². The number of anilines is 1. The molecule has 1 aliphatic carbocycles. The Labute approximate surface area is 190 Å². The highest BCUT2D eigenvalue weighted by Crippen LogP contribution is 2.33. The molecule has 4 rings (SSSR count). The summed E-state index contributed by atoms with van der Waals surface area (Å²) in [5.74, 6) is -2.22. The first-order valence-electron chi connectivity index (χ1n) is 11.6. The van der Waals surface area contributed by atoms with Crippen LogP contribution < -0.4 is 10.6 Å². The molecule has 1 saturated carbocycles. The Morgan fingerprint density at radius 1 is 1.00 bits per heavy atom. The van der Waals surface area contributed by atoms with Gasteiger partial charge in [-0.2, -0.15) is 0 Å². The number of nitrogens with one attached hydrogen (secondary N) is 2. The van der Waals surface area contributed by atoms with Crippen molar-refractivity contribution in [2.24, 2.45) is 5.92 Å². The molecule has 1 heterocycles. The lowest BCUT2D eigenvalue weighted by molar-refractivity contribution is -0.135. The molecule has 5 heteroatoms. The molecule has 1 saturated heterocycles. The molecule has 2 atom stereocenters. The Balaban J connectivity index is 1.43. The lowest BCUT2D eigenvalue weighted by atomic mass is 9.84. The largest absolute Gasteiger partial charge is 0.342 e. The summed E-state index contributed by atoms with van der Waals surface area (Å²) in [4.78, 5) is 38.6. The second kappa shape index (κ2) is 8.89. The number of aryl methyl sites for hydroxylation is 2. The molecule has 32 heavy (non-hydrogen) atoms. The minimum absolute atomic E-state index is 0.360. The van der Waals surface area contributed by atoms with Crippen molar-refractivity contribution in [3.8, 4) is 0 Å². The summed E-state index contributed by atoms with van der Waals surface area (Å²) in [5, 5.41) is 5.55. The highest BCUT2D eigenvalue weighted by atomic mass is 16.2. The zero-order chi connectivity index (χ0) is 22.9. The Kier molecular flexibility index (Phi) is 6.18. The van der Waals surface area contributed by atoms with E-state index in [1.807, 2.05) is 56.3 Å². The molecule has 2 aromatic carbocycles. The van der Waals surface area contributed by atoms with E-state index in [1.54, 1.807) is 6.92 Å². The Morgan fingerprint density at radius 2 is 1.69 bits per heavy atom. The summed E-state index contributed by atoms with van der Waals surface area (Å²) in [7, 11) is 0. The van der Waals surface area contributed by atoms with Crippen LogP contribution in [0.5, 0.6) is 0 Å². The van der Waals surface area contributed by atoms with Crippen molar-refractivity contribution in [3.05, 3.63) is 64.7 Å². The van der Waals surface area contributed by atoms with Crippen LogP contribution in [0.15, 0.2) is 42.5 Å². The van der Waals surface area contributed by atoms with E-state index in [0.29, 0.717) is 18.0 Å². The van der Waals surface area contributed by atoms with Crippen molar-refractivity contribution in [2.45, 2.75) is 70.8 Å². The van der Waals surface area contributed by atoms with Crippen molar-refractivity contribution in [3.63, 3.8) is 0 Å². The van der Waals surface area contributed by atoms with Gasteiger partial charge in [0, 0.05) is 12.1 Å². The van der Waals surface area contributed by atoms with E-state index in [2.05, 4.69) is 10.6 Å². The number of Topliss-reactive ketones (excluding diaryl/α,β-unsaturated/α-hetero) is 1. The van der Waals surface area contributed by atoms with Crippen LogP contribution in [-0.2, 0) is 20.8 Å². The number of rotatable bonds is 5. The van der Waals surface area contributed by atoms with Gasteiger partial charge in [-0.05, 0) is 73.9 Å². The first kappa shape index (κ1) is 22.3. The second-order valence-electron chi connectivity index (χ2n) is 9.66. The monoisotopic (exact) mass is 432 g/mol. The molecular formula is C27H32N2O3. The fourth-order valence-corrected chi connectivity index (χ4v) is 5.02. The second-order valence-corrected chi connectivity index (χ2v) is 9.66. The third-order valence-corrected chi connectivity index (χ3v) is 7.11. The molecule has 2 N–H and O–H groups in total. The van der Waals surface area contributed by atoms with E-state index in [0.717, 1.165) is 11.1 Å². The predicted molar refractivity (Wildman–Crippen MR) is 126 cm³/mol. The highest BCUT2D eigenvalue weighted by molar-refractivity contribution is 6.27. The van der Waals surface area contributed by atoms with E-state index < -0.39 is 23.3 Å². The minimum atomic E-state index is -1.33. The molecule has 0 spiro atoms. The molecular weight excluding hydrogens is 400 g/mol. The number of hydrogen-bond donors (Lipinski definition) is 2. The maximum atomic E-state index is 13.1. The van der Waals surface area contributed by atoms with E-state index in [1.165, 1.54) is 43.2 Å². The van der Waals surface area contributed by atoms with Gasteiger partial charge in [0.2, 0.25) is 11.8 Å². The van der Waals surface area contributed by atoms with Crippen LogP contribution in [0.4, 0.5) is 5.69 Å². The van der Waals surface area contributed by atoms with Gasteiger partial charge in [0.1, 0.15) is 5.54 Å². The normalized spacial score (nSPS) is 23.8.